The van der Waals surface area contributed by atoms with Crippen molar-refractivity contribution in [2.24, 2.45) is 0 Å². The van der Waals surface area contributed by atoms with Gasteiger partial charge in [0.1, 0.15) is 0 Å². The molecule has 0 heterocycles. The van der Waals surface area contributed by atoms with Gasteiger partial charge in [-0.1, -0.05) is 251 Å². The van der Waals surface area contributed by atoms with Crippen molar-refractivity contribution < 1.29 is 24.5 Å². The van der Waals surface area contributed by atoms with Gasteiger partial charge in [-0.05, 0) is 51.4 Å². The number of unbranched alkanes of at least 4 members (excludes halogenated alkanes) is 38. The second-order valence-corrected chi connectivity index (χ2v) is 18.9. The third-order valence-electron chi connectivity index (χ3n) is 12.8. The molecule has 0 aliphatic heterocycles. The Kier molecular flexibility index (Phi) is 50.1. The molecule has 0 aromatic carbocycles. The smallest absolute Gasteiger partial charge is 0.305 e. The van der Waals surface area contributed by atoms with E-state index < -0.39 is 12.1 Å². The van der Waals surface area contributed by atoms with Gasteiger partial charge < -0.3 is 20.3 Å². The van der Waals surface area contributed by atoms with E-state index in [9.17, 15) is 19.8 Å². The van der Waals surface area contributed by atoms with Gasteiger partial charge in [0.2, 0.25) is 5.91 Å². The molecular weight excluding hydrogens is 755 g/mol. The van der Waals surface area contributed by atoms with Gasteiger partial charge in [0.25, 0.3) is 0 Å². The summed E-state index contributed by atoms with van der Waals surface area (Å²) in [5.41, 5.74) is 0. The summed E-state index contributed by atoms with van der Waals surface area (Å²) in [6.07, 6.45) is 59.1. The van der Waals surface area contributed by atoms with E-state index in [-0.39, 0.29) is 18.5 Å². The lowest BCUT2D eigenvalue weighted by Gasteiger charge is -2.22. The number of hydrogen-bond donors (Lipinski definition) is 3. The fourth-order valence-corrected chi connectivity index (χ4v) is 8.58. The summed E-state index contributed by atoms with van der Waals surface area (Å²) in [5, 5.41) is 23.3. The minimum atomic E-state index is -0.682. The molecule has 0 bridgehead atoms. The summed E-state index contributed by atoms with van der Waals surface area (Å²) in [4.78, 5) is 24.5. The maximum atomic E-state index is 12.5. The lowest BCUT2D eigenvalue weighted by atomic mass is 10.0. The Hall–Kier alpha value is -1.40. The van der Waals surface area contributed by atoms with E-state index >= 15 is 0 Å². The van der Waals surface area contributed by atoms with Crippen molar-refractivity contribution in [3.63, 3.8) is 0 Å². The van der Waals surface area contributed by atoms with Crippen LogP contribution in [0.1, 0.15) is 303 Å². The van der Waals surface area contributed by atoms with Crippen molar-refractivity contribution in [1.82, 2.24) is 5.32 Å². The van der Waals surface area contributed by atoms with Crippen LogP contribution in [-0.2, 0) is 14.3 Å². The minimum Gasteiger partial charge on any atom is -0.466 e. The van der Waals surface area contributed by atoms with Crippen LogP contribution in [0.4, 0.5) is 0 Å². The summed E-state index contributed by atoms with van der Waals surface area (Å²) in [6.45, 7) is 4.89. The molecule has 0 saturated heterocycles. The zero-order chi connectivity index (χ0) is 44.4. The molecule has 0 radical (unpaired) electrons. The van der Waals surface area contributed by atoms with Crippen molar-refractivity contribution in [2.45, 2.75) is 315 Å². The molecule has 2 unspecified atom stereocenters. The van der Waals surface area contributed by atoms with Crippen LogP contribution >= 0.6 is 0 Å². The number of hydrogen-bond acceptors (Lipinski definition) is 5. The largest absolute Gasteiger partial charge is 0.466 e. The third-order valence-corrected chi connectivity index (χ3v) is 12.8. The molecule has 6 heteroatoms. The number of aliphatic hydroxyl groups is 2. The maximum absolute atomic E-state index is 12.5. The van der Waals surface area contributed by atoms with E-state index in [1.165, 1.54) is 193 Å². The van der Waals surface area contributed by atoms with E-state index in [4.69, 9.17) is 4.74 Å². The first-order valence-electron chi connectivity index (χ1n) is 27.4. The van der Waals surface area contributed by atoms with E-state index in [1.807, 2.05) is 0 Å². The summed E-state index contributed by atoms with van der Waals surface area (Å²) < 4.78 is 5.44. The van der Waals surface area contributed by atoms with Crippen LogP contribution in [0.5, 0.6) is 0 Å². The second-order valence-electron chi connectivity index (χ2n) is 18.9. The molecule has 0 aromatic heterocycles. The zero-order valence-corrected chi connectivity index (χ0v) is 41.2. The topological polar surface area (TPSA) is 95.9 Å². The lowest BCUT2D eigenvalue weighted by Crippen LogP contribution is -2.45. The van der Waals surface area contributed by atoms with Gasteiger partial charge in [0, 0.05) is 12.8 Å². The molecule has 0 spiro atoms. The molecule has 1 amide bonds. The number of carbonyl (C=O) groups excluding carboxylic acids is 2. The SMILES string of the molecule is CCCCCCCCCCCCCCCCCCCCCC(O)C(CO)NC(=O)CCCCCCC/C=C\CCCCOC(=O)CCCCCCCCCCCCCCCC. The van der Waals surface area contributed by atoms with E-state index in [0.717, 1.165) is 77.0 Å². The molecule has 0 aliphatic rings. The van der Waals surface area contributed by atoms with E-state index in [0.29, 0.717) is 25.9 Å². The highest BCUT2D eigenvalue weighted by atomic mass is 16.5. The molecule has 2 atom stereocenters. The molecule has 0 aromatic rings. The predicted molar refractivity (Wildman–Crippen MR) is 264 cm³/mol. The average molecular weight is 862 g/mol. The van der Waals surface area contributed by atoms with Crippen molar-refractivity contribution in [3.8, 4) is 0 Å². The molecule has 6 nitrogen and oxygen atoms in total. The van der Waals surface area contributed by atoms with Gasteiger partial charge >= 0.3 is 5.97 Å². The standard InChI is InChI=1S/C55H107NO5/c1-3-5-7-9-11-13-15-17-19-20-21-22-23-24-27-31-35-39-43-47-53(58)52(51-57)56-54(59)48-44-40-36-32-28-26-30-34-38-42-46-50-61-55(60)49-45-41-37-33-29-25-18-16-14-12-10-8-6-4-2/h30,34,52-53,57-58H,3-29,31-33,35-51H2,1-2H3,(H,56,59)/b34-30-. The van der Waals surface area contributed by atoms with Gasteiger partial charge in [0.15, 0.2) is 0 Å². The van der Waals surface area contributed by atoms with Crippen molar-refractivity contribution in [1.29, 1.82) is 0 Å². The summed E-state index contributed by atoms with van der Waals surface area (Å²) in [5.74, 6) is -0.0893. The van der Waals surface area contributed by atoms with Crippen LogP contribution in [0, 0.1) is 0 Å². The molecule has 0 rings (SSSR count). The molecule has 0 fully saturated rings. The Morgan fingerprint density at radius 2 is 0.770 bits per heavy atom. The highest BCUT2D eigenvalue weighted by Crippen LogP contribution is 2.17. The van der Waals surface area contributed by atoms with Gasteiger partial charge in [-0.15, -0.1) is 0 Å². The Balaban J connectivity index is 3.50. The minimum absolute atomic E-state index is 0.0282. The molecule has 0 aliphatic carbocycles. The van der Waals surface area contributed by atoms with E-state index in [2.05, 4.69) is 31.3 Å². The van der Waals surface area contributed by atoms with Crippen LogP contribution in [0.15, 0.2) is 12.2 Å². The molecule has 362 valence electrons. The molecule has 61 heavy (non-hydrogen) atoms. The number of carbonyl (C=O) groups is 2. The number of allylic oxidation sites excluding steroid dienone is 2. The number of rotatable bonds is 51. The normalized spacial score (nSPS) is 12.7. The predicted octanol–water partition coefficient (Wildman–Crippen LogP) is 16.5. The summed E-state index contributed by atoms with van der Waals surface area (Å²) >= 11 is 0. The average Bonchev–Trinajstić information content (AvgIpc) is 3.26. The molecule has 3 N–H and O–H groups in total. The monoisotopic (exact) mass is 862 g/mol. The maximum Gasteiger partial charge on any atom is 0.305 e. The van der Waals surface area contributed by atoms with Crippen LogP contribution in [0.3, 0.4) is 0 Å². The van der Waals surface area contributed by atoms with Gasteiger partial charge in [-0.25, -0.2) is 0 Å². The molecule has 0 saturated carbocycles. The van der Waals surface area contributed by atoms with Crippen molar-refractivity contribution in [3.05, 3.63) is 12.2 Å². The Morgan fingerprint density at radius 3 is 1.16 bits per heavy atom. The van der Waals surface area contributed by atoms with Gasteiger partial charge in [-0.3, -0.25) is 9.59 Å². The van der Waals surface area contributed by atoms with E-state index in [1.54, 1.807) is 0 Å². The fraction of sp³-hybridized carbons (Fsp3) is 0.927. The second kappa shape index (κ2) is 51.2. The van der Waals surface area contributed by atoms with Crippen LogP contribution in [0.2, 0.25) is 0 Å². The Morgan fingerprint density at radius 1 is 0.443 bits per heavy atom. The van der Waals surface area contributed by atoms with Crippen molar-refractivity contribution in [2.75, 3.05) is 13.2 Å². The number of esters is 1. The highest BCUT2D eigenvalue weighted by Gasteiger charge is 2.20. The number of amides is 1. The van der Waals surface area contributed by atoms with Gasteiger partial charge in [0.05, 0.1) is 25.4 Å². The van der Waals surface area contributed by atoms with Crippen LogP contribution in [0.25, 0.3) is 0 Å². The zero-order valence-electron chi connectivity index (χ0n) is 41.2. The number of nitrogens with one attached hydrogen (secondary N) is 1. The van der Waals surface area contributed by atoms with Crippen LogP contribution in [-0.4, -0.2) is 47.4 Å². The Bertz CT molecular complexity index is 909. The number of aliphatic hydroxyl groups excluding tert-OH is 2. The fourth-order valence-electron chi connectivity index (χ4n) is 8.58. The first-order chi connectivity index (χ1) is 30.0. The summed E-state index contributed by atoms with van der Waals surface area (Å²) in [6, 6.07) is -0.562. The first kappa shape index (κ1) is 59.6. The van der Waals surface area contributed by atoms with Crippen molar-refractivity contribution >= 4 is 11.9 Å². The number of ether oxygens (including phenoxy) is 1. The Labute approximate surface area is 380 Å². The first-order valence-corrected chi connectivity index (χ1v) is 27.4. The van der Waals surface area contributed by atoms with Gasteiger partial charge in [-0.2, -0.15) is 0 Å². The molecular formula is C55H107NO5. The lowest BCUT2D eigenvalue weighted by molar-refractivity contribution is -0.143. The highest BCUT2D eigenvalue weighted by molar-refractivity contribution is 5.76. The van der Waals surface area contributed by atoms with Crippen LogP contribution < -0.4 is 5.32 Å². The third kappa shape index (κ3) is 47.9. The quantitative estimate of drug-likeness (QED) is 0.0322. The summed E-state index contributed by atoms with van der Waals surface area (Å²) in [7, 11) is 0.